The van der Waals surface area contributed by atoms with Gasteiger partial charge in [0.25, 0.3) is 0 Å². The summed E-state index contributed by atoms with van der Waals surface area (Å²) in [6, 6.07) is 5.53. The predicted octanol–water partition coefficient (Wildman–Crippen LogP) is 0.717. The Morgan fingerprint density at radius 2 is 2.00 bits per heavy atom. The quantitative estimate of drug-likeness (QED) is 0.684. The number of aryl methyl sites for hydroxylation is 1. The topological polar surface area (TPSA) is 73.5 Å². The van der Waals surface area contributed by atoms with Crippen LogP contribution >= 0.6 is 15.9 Å². The van der Waals surface area contributed by atoms with E-state index in [0.717, 1.165) is 42.8 Å². The molecule has 120 valence electrons. The lowest BCUT2D eigenvalue weighted by Crippen LogP contribution is -2.47. The molecule has 2 rings (SSSR count). The summed E-state index contributed by atoms with van der Waals surface area (Å²) in [5, 5.41) is 8.53. The van der Waals surface area contributed by atoms with Crippen LogP contribution in [0.5, 0.6) is 0 Å². The second-order valence-electron chi connectivity index (χ2n) is 5.28. The van der Waals surface area contributed by atoms with Crippen molar-refractivity contribution in [2.75, 3.05) is 44.6 Å². The number of anilines is 1. The second-order valence-corrected chi connectivity index (χ2v) is 6.14. The first-order chi connectivity index (χ1) is 10.6. The molecule has 0 unspecified atom stereocenters. The van der Waals surface area contributed by atoms with Gasteiger partial charge in [-0.15, -0.1) is 0 Å². The highest BCUT2D eigenvalue weighted by molar-refractivity contribution is 9.10. The van der Waals surface area contributed by atoms with Crippen molar-refractivity contribution in [3.63, 3.8) is 0 Å². The van der Waals surface area contributed by atoms with Crippen LogP contribution in [0.1, 0.15) is 5.56 Å². The lowest BCUT2D eigenvalue weighted by atomic mass is 10.2. The molecule has 7 heteroatoms. The number of amides is 2. The number of hydrogen-bond donors (Lipinski definition) is 3. The standard InChI is InChI=1S/C15H21BrN4O2/c1-11-2-3-13(12(16)10-11)19-15(22)14(21)18-6-9-20-7-4-17-5-8-20/h2-3,10,17H,4-9H2,1H3,(H,18,21)(H,19,22). The minimum Gasteiger partial charge on any atom is -0.347 e. The number of carbonyl (C=O) groups is 2. The Morgan fingerprint density at radius 1 is 1.27 bits per heavy atom. The normalized spacial score (nSPS) is 15.4. The molecule has 1 saturated heterocycles. The largest absolute Gasteiger partial charge is 0.347 e. The van der Waals surface area contributed by atoms with E-state index in [2.05, 4.69) is 36.8 Å². The van der Waals surface area contributed by atoms with Gasteiger partial charge in [0.05, 0.1) is 5.69 Å². The van der Waals surface area contributed by atoms with Crippen LogP contribution in [0.15, 0.2) is 22.7 Å². The monoisotopic (exact) mass is 368 g/mol. The molecule has 1 fully saturated rings. The molecule has 0 atom stereocenters. The number of carbonyl (C=O) groups excluding carboxylic acids is 2. The lowest BCUT2D eigenvalue weighted by molar-refractivity contribution is -0.136. The number of benzene rings is 1. The van der Waals surface area contributed by atoms with Gasteiger partial charge in [0.15, 0.2) is 0 Å². The highest BCUT2D eigenvalue weighted by Gasteiger charge is 2.15. The summed E-state index contributed by atoms with van der Waals surface area (Å²) in [6.45, 7) is 7.07. The molecule has 0 spiro atoms. The Bertz CT molecular complexity index is 544. The molecule has 0 bridgehead atoms. The van der Waals surface area contributed by atoms with Crippen LogP contribution in [-0.2, 0) is 9.59 Å². The van der Waals surface area contributed by atoms with Crippen molar-refractivity contribution in [1.29, 1.82) is 0 Å². The van der Waals surface area contributed by atoms with Gasteiger partial charge in [-0.05, 0) is 40.5 Å². The van der Waals surface area contributed by atoms with Gasteiger partial charge < -0.3 is 16.0 Å². The first-order valence-electron chi connectivity index (χ1n) is 7.34. The molecule has 0 aromatic heterocycles. The van der Waals surface area contributed by atoms with Gasteiger partial charge in [0, 0.05) is 43.7 Å². The number of halogens is 1. The maximum atomic E-state index is 11.9. The van der Waals surface area contributed by atoms with Crippen LogP contribution in [0.4, 0.5) is 5.69 Å². The Balaban J connectivity index is 1.75. The highest BCUT2D eigenvalue weighted by atomic mass is 79.9. The molecule has 0 radical (unpaired) electrons. The molecular formula is C15H21BrN4O2. The third-order valence-corrected chi connectivity index (χ3v) is 4.16. The summed E-state index contributed by atoms with van der Waals surface area (Å²) in [7, 11) is 0. The van der Waals surface area contributed by atoms with Gasteiger partial charge >= 0.3 is 11.8 Å². The molecule has 22 heavy (non-hydrogen) atoms. The highest BCUT2D eigenvalue weighted by Crippen LogP contribution is 2.23. The second kappa shape index (κ2) is 8.26. The summed E-state index contributed by atoms with van der Waals surface area (Å²) in [5.41, 5.74) is 1.67. The Hall–Kier alpha value is -1.44. The van der Waals surface area contributed by atoms with E-state index in [-0.39, 0.29) is 0 Å². The molecule has 0 saturated carbocycles. The predicted molar refractivity (Wildman–Crippen MR) is 89.8 cm³/mol. The zero-order chi connectivity index (χ0) is 15.9. The fraction of sp³-hybridized carbons (Fsp3) is 0.467. The molecule has 1 heterocycles. The average molecular weight is 369 g/mol. The maximum Gasteiger partial charge on any atom is 0.313 e. The molecule has 0 aliphatic carbocycles. The first-order valence-corrected chi connectivity index (χ1v) is 8.14. The first kappa shape index (κ1) is 16.9. The molecule has 1 aromatic carbocycles. The summed E-state index contributed by atoms with van der Waals surface area (Å²) in [4.78, 5) is 25.9. The molecule has 1 aliphatic rings. The van der Waals surface area contributed by atoms with Gasteiger partial charge in [0.2, 0.25) is 0 Å². The Labute approximate surface area is 138 Å². The fourth-order valence-corrected chi connectivity index (χ4v) is 2.84. The number of nitrogens with zero attached hydrogens (tertiary/aromatic N) is 1. The van der Waals surface area contributed by atoms with Crippen LogP contribution in [-0.4, -0.2) is 56.0 Å². The van der Waals surface area contributed by atoms with Gasteiger partial charge in [-0.1, -0.05) is 6.07 Å². The number of nitrogens with one attached hydrogen (secondary N) is 3. The van der Waals surface area contributed by atoms with E-state index < -0.39 is 11.8 Å². The van der Waals surface area contributed by atoms with E-state index in [1.165, 1.54) is 0 Å². The van der Waals surface area contributed by atoms with Crippen molar-refractivity contribution in [1.82, 2.24) is 15.5 Å². The van der Waals surface area contributed by atoms with Crippen molar-refractivity contribution in [2.24, 2.45) is 0 Å². The van der Waals surface area contributed by atoms with E-state index in [1.54, 1.807) is 6.07 Å². The minimum absolute atomic E-state index is 0.474. The molecule has 1 aromatic rings. The number of rotatable bonds is 4. The zero-order valence-corrected chi connectivity index (χ0v) is 14.2. The number of hydrogen-bond acceptors (Lipinski definition) is 4. The summed E-state index contributed by atoms with van der Waals surface area (Å²) >= 11 is 3.37. The Kier molecular flexibility index (Phi) is 6.35. The van der Waals surface area contributed by atoms with Crippen LogP contribution in [0.25, 0.3) is 0 Å². The van der Waals surface area contributed by atoms with Crippen LogP contribution in [0.2, 0.25) is 0 Å². The molecular weight excluding hydrogens is 348 g/mol. The van der Waals surface area contributed by atoms with Gasteiger partial charge in [-0.3, -0.25) is 14.5 Å². The third-order valence-electron chi connectivity index (χ3n) is 3.50. The molecule has 6 nitrogen and oxygen atoms in total. The Morgan fingerprint density at radius 3 is 2.68 bits per heavy atom. The number of piperazine rings is 1. The van der Waals surface area contributed by atoms with E-state index in [9.17, 15) is 9.59 Å². The van der Waals surface area contributed by atoms with Gasteiger partial charge in [0.1, 0.15) is 0 Å². The van der Waals surface area contributed by atoms with E-state index in [1.807, 2.05) is 19.1 Å². The van der Waals surface area contributed by atoms with Crippen LogP contribution < -0.4 is 16.0 Å². The maximum absolute atomic E-state index is 11.9. The van der Waals surface area contributed by atoms with Crippen molar-refractivity contribution < 1.29 is 9.59 Å². The zero-order valence-electron chi connectivity index (χ0n) is 12.6. The molecule has 1 aliphatic heterocycles. The summed E-state index contributed by atoms with van der Waals surface area (Å²) < 4.78 is 0.759. The van der Waals surface area contributed by atoms with E-state index in [0.29, 0.717) is 12.2 Å². The smallest absolute Gasteiger partial charge is 0.313 e. The van der Waals surface area contributed by atoms with Gasteiger partial charge in [-0.2, -0.15) is 0 Å². The van der Waals surface area contributed by atoms with E-state index >= 15 is 0 Å². The van der Waals surface area contributed by atoms with Crippen molar-refractivity contribution in [3.8, 4) is 0 Å². The molecule has 3 N–H and O–H groups in total. The van der Waals surface area contributed by atoms with Crippen LogP contribution in [0, 0.1) is 6.92 Å². The fourth-order valence-electron chi connectivity index (χ4n) is 2.24. The van der Waals surface area contributed by atoms with Crippen molar-refractivity contribution in [2.45, 2.75) is 6.92 Å². The van der Waals surface area contributed by atoms with Gasteiger partial charge in [-0.25, -0.2) is 0 Å². The van der Waals surface area contributed by atoms with E-state index in [4.69, 9.17) is 0 Å². The molecule has 2 amide bonds. The average Bonchev–Trinajstić information content (AvgIpc) is 2.51. The summed E-state index contributed by atoms with van der Waals surface area (Å²) in [6.07, 6.45) is 0. The summed E-state index contributed by atoms with van der Waals surface area (Å²) in [5.74, 6) is -1.26. The third kappa shape index (κ3) is 5.08. The van der Waals surface area contributed by atoms with Crippen molar-refractivity contribution >= 4 is 33.4 Å². The van der Waals surface area contributed by atoms with Crippen molar-refractivity contribution in [3.05, 3.63) is 28.2 Å². The SMILES string of the molecule is Cc1ccc(NC(=O)C(=O)NCCN2CCNCC2)c(Br)c1. The van der Waals surface area contributed by atoms with Crippen LogP contribution in [0.3, 0.4) is 0 Å². The lowest BCUT2D eigenvalue weighted by Gasteiger charge is -2.26. The minimum atomic E-state index is -0.648.